The number of nitrogens with one attached hydrogen (secondary N) is 1. The first-order valence-electron chi connectivity index (χ1n) is 9.27. The molecule has 1 spiro atoms. The molecule has 0 radical (unpaired) electrons. The SMILES string of the molecule is CC(C)c1n[nH]c(C2CN(C(=O)CC3CC3)CC23CCCC3)n1. The summed E-state index contributed by atoms with van der Waals surface area (Å²) in [7, 11) is 0. The van der Waals surface area contributed by atoms with Gasteiger partial charge in [0.05, 0.1) is 0 Å². The Kier molecular flexibility index (Phi) is 3.69. The molecule has 2 saturated carbocycles. The minimum atomic E-state index is 0.243. The Labute approximate surface area is 138 Å². The topological polar surface area (TPSA) is 61.9 Å². The van der Waals surface area contributed by atoms with Crippen LogP contribution in [0.3, 0.4) is 0 Å². The molecule has 1 unspecified atom stereocenters. The molecule has 2 heterocycles. The van der Waals surface area contributed by atoms with E-state index in [1.165, 1.54) is 38.5 Å². The number of aromatic nitrogens is 3. The summed E-state index contributed by atoms with van der Waals surface area (Å²) in [6.07, 6.45) is 8.27. The van der Waals surface area contributed by atoms with Crippen LogP contribution >= 0.6 is 0 Å². The van der Waals surface area contributed by atoms with Crippen molar-refractivity contribution in [1.29, 1.82) is 0 Å². The highest BCUT2D eigenvalue weighted by molar-refractivity contribution is 5.77. The minimum Gasteiger partial charge on any atom is -0.341 e. The van der Waals surface area contributed by atoms with Crippen LogP contribution in [0, 0.1) is 11.3 Å². The lowest BCUT2D eigenvalue weighted by Gasteiger charge is -2.28. The van der Waals surface area contributed by atoms with E-state index in [1.807, 2.05) is 0 Å². The van der Waals surface area contributed by atoms with Crippen molar-refractivity contribution >= 4 is 5.91 Å². The fraction of sp³-hybridized carbons (Fsp3) is 0.833. The fourth-order valence-electron chi connectivity index (χ4n) is 4.52. The first kappa shape index (κ1) is 15.2. The normalized spacial score (nSPS) is 26.6. The Morgan fingerprint density at radius 3 is 2.70 bits per heavy atom. The molecule has 1 aromatic rings. The number of H-pyrrole nitrogens is 1. The average Bonchev–Trinajstić information content (AvgIpc) is 2.99. The number of amides is 1. The lowest BCUT2D eigenvalue weighted by Crippen LogP contribution is -2.31. The molecule has 23 heavy (non-hydrogen) atoms. The van der Waals surface area contributed by atoms with Crippen molar-refractivity contribution in [3.8, 4) is 0 Å². The van der Waals surface area contributed by atoms with E-state index in [4.69, 9.17) is 4.98 Å². The van der Waals surface area contributed by atoms with E-state index >= 15 is 0 Å². The fourth-order valence-corrected chi connectivity index (χ4v) is 4.52. The molecular weight excluding hydrogens is 288 g/mol. The van der Waals surface area contributed by atoms with Gasteiger partial charge in [0.2, 0.25) is 5.91 Å². The quantitative estimate of drug-likeness (QED) is 0.927. The molecule has 3 aliphatic rings. The monoisotopic (exact) mass is 316 g/mol. The van der Waals surface area contributed by atoms with Gasteiger partial charge in [-0.1, -0.05) is 26.7 Å². The first-order valence-corrected chi connectivity index (χ1v) is 9.27. The molecule has 1 atom stereocenters. The van der Waals surface area contributed by atoms with Gasteiger partial charge >= 0.3 is 0 Å². The lowest BCUT2D eigenvalue weighted by molar-refractivity contribution is -0.130. The smallest absolute Gasteiger partial charge is 0.222 e. The molecular formula is C18H28N4O. The Morgan fingerprint density at radius 2 is 2.09 bits per heavy atom. The minimum absolute atomic E-state index is 0.243. The molecule has 126 valence electrons. The van der Waals surface area contributed by atoms with E-state index in [0.29, 0.717) is 23.7 Å². The molecule has 0 bridgehead atoms. The van der Waals surface area contributed by atoms with E-state index in [1.54, 1.807) is 0 Å². The summed E-state index contributed by atoms with van der Waals surface area (Å²) >= 11 is 0. The molecule has 1 N–H and O–H groups in total. The van der Waals surface area contributed by atoms with Gasteiger partial charge in [-0.25, -0.2) is 4.98 Å². The number of hydrogen-bond donors (Lipinski definition) is 1. The van der Waals surface area contributed by atoms with Gasteiger partial charge in [0, 0.05) is 31.3 Å². The number of rotatable bonds is 4. The Balaban J connectivity index is 1.56. The van der Waals surface area contributed by atoms with Crippen LogP contribution in [0.15, 0.2) is 0 Å². The Morgan fingerprint density at radius 1 is 1.35 bits per heavy atom. The Hall–Kier alpha value is -1.39. The predicted octanol–water partition coefficient (Wildman–Crippen LogP) is 3.21. The van der Waals surface area contributed by atoms with E-state index in [9.17, 15) is 4.79 Å². The van der Waals surface area contributed by atoms with Gasteiger partial charge in [-0.15, -0.1) is 0 Å². The summed E-state index contributed by atoms with van der Waals surface area (Å²) in [5.74, 6) is 3.62. The number of likely N-dealkylation sites (tertiary alicyclic amines) is 1. The van der Waals surface area contributed by atoms with Crippen molar-refractivity contribution in [3.63, 3.8) is 0 Å². The highest BCUT2D eigenvalue weighted by Gasteiger charge is 2.51. The van der Waals surface area contributed by atoms with Gasteiger partial charge in [-0.2, -0.15) is 5.10 Å². The largest absolute Gasteiger partial charge is 0.341 e. The molecule has 0 aromatic carbocycles. The number of hydrogen-bond acceptors (Lipinski definition) is 3. The van der Waals surface area contributed by atoms with Crippen molar-refractivity contribution in [2.45, 2.75) is 70.6 Å². The summed E-state index contributed by atoms with van der Waals surface area (Å²) in [5.41, 5.74) is 0.243. The predicted molar refractivity (Wildman–Crippen MR) is 88.0 cm³/mol. The zero-order valence-electron chi connectivity index (χ0n) is 14.3. The third-order valence-corrected chi connectivity index (χ3v) is 6.13. The van der Waals surface area contributed by atoms with Crippen LogP contribution in [0.1, 0.15) is 82.3 Å². The molecule has 1 aliphatic heterocycles. The number of carbonyl (C=O) groups excluding carboxylic acids is 1. The summed E-state index contributed by atoms with van der Waals surface area (Å²) in [4.78, 5) is 19.5. The summed E-state index contributed by atoms with van der Waals surface area (Å²) in [5, 5.41) is 7.60. The van der Waals surface area contributed by atoms with E-state index in [0.717, 1.165) is 31.2 Å². The number of aromatic amines is 1. The van der Waals surface area contributed by atoms with Gasteiger partial charge < -0.3 is 4.90 Å². The summed E-state index contributed by atoms with van der Waals surface area (Å²) < 4.78 is 0. The van der Waals surface area contributed by atoms with E-state index < -0.39 is 0 Å². The molecule has 5 nitrogen and oxygen atoms in total. The van der Waals surface area contributed by atoms with Crippen LogP contribution in [0.2, 0.25) is 0 Å². The molecule has 1 saturated heterocycles. The third-order valence-electron chi connectivity index (χ3n) is 6.13. The van der Waals surface area contributed by atoms with Gasteiger partial charge in [-0.05, 0) is 37.0 Å². The maximum Gasteiger partial charge on any atom is 0.222 e. The maximum absolute atomic E-state index is 12.6. The van der Waals surface area contributed by atoms with Gasteiger partial charge in [0.25, 0.3) is 0 Å². The highest BCUT2D eigenvalue weighted by atomic mass is 16.2. The number of nitrogens with zero attached hydrogens (tertiary/aromatic N) is 3. The average molecular weight is 316 g/mol. The van der Waals surface area contributed by atoms with Crippen molar-refractivity contribution in [2.24, 2.45) is 11.3 Å². The van der Waals surface area contributed by atoms with Crippen LogP contribution in [0.4, 0.5) is 0 Å². The van der Waals surface area contributed by atoms with Crippen LogP contribution in [0.5, 0.6) is 0 Å². The van der Waals surface area contributed by atoms with Gasteiger partial charge in [0.1, 0.15) is 5.82 Å². The molecule has 5 heteroatoms. The zero-order chi connectivity index (χ0) is 16.0. The Bertz CT molecular complexity index is 584. The van der Waals surface area contributed by atoms with Crippen LogP contribution < -0.4 is 0 Å². The molecule has 3 fully saturated rings. The van der Waals surface area contributed by atoms with Gasteiger partial charge in [-0.3, -0.25) is 9.89 Å². The summed E-state index contributed by atoms with van der Waals surface area (Å²) in [6.45, 7) is 6.01. The maximum atomic E-state index is 12.6. The highest BCUT2D eigenvalue weighted by Crippen LogP contribution is 2.53. The van der Waals surface area contributed by atoms with E-state index in [-0.39, 0.29) is 5.41 Å². The third kappa shape index (κ3) is 2.79. The summed E-state index contributed by atoms with van der Waals surface area (Å²) in [6, 6.07) is 0. The second kappa shape index (κ2) is 5.60. The molecule has 1 aromatic heterocycles. The molecule has 1 amide bonds. The standard InChI is InChI=1S/C18H28N4O/c1-12(2)16-19-17(21-20-16)14-10-22(15(23)9-13-5-6-13)11-18(14)7-3-4-8-18/h12-14H,3-11H2,1-2H3,(H,19,20,21). The van der Waals surface area contributed by atoms with E-state index in [2.05, 4.69) is 28.9 Å². The van der Waals surface area contributed by atoms with Crippen LogP contribution in [-0.2, 0) is 4.79 Å². The van der Waals surface area contributed by atoms with Gasteiger partial charge in [0.15, 0.2) is 5.82 Å². The second-order valence-corrected chi connectivity index (χ2v) is 8.28. The van der Waals surface area contributed by atoms with Crippen molar-refractivity contribution < 1.29 is 4.79 Å². The number of carbonyl (C=O) groups is 1. The van der Waals surface area contributed by atoms with Crippen molar-refractivity contribution in [1.82, 2.24) is 20.1 Å². The second-order valence-electron chi connectivity index (χ2n) is 8.28. The first-order chi connectivity index (χ1) is 11.1. The zero-order valence-corrected chi connectivity index (χ0v) is 14.3. The van der Waals surface area contributed by atoms with Crippen LogP contribution in [-0.4, -0.2) is 39.1 Å². The molecule has 4 rings (SSSR count). The van der Waals surface area contributed by atoms with Crippen LogP contribution in [0.25, 0.3) is 0 Å². The van der Waals surface area contributed by atoms with Crippen molar-refractivity contribution in [2.75, 3.05) is 13.1 Å². The lowest BCUT2D eigenvalue weighted by atomic mass is 9.76. The molecule has 2 aliphatic carbocycles. The van der Waals surface area contributed by atoms with Crippen molar-refractivity contribution in [3.05, 3.63) is 11.6 Å².